The van der Waals surface area contributed by atoms with Crippen LogP contribution in [0.2, 0.25) is 0 Å². The van der Waals surface area contributed by atoms with E-state index in [9.17, 15) is 13.2 Å². The van der Waals surface area contributed by atoms with Crippen molar-refractivity contribution in [2.75, 3.05) is 0 Å². The molecule has 0 saturated heterocycles. The van der Waals surface area contributed by atoms with Gasteiger partial charge in [-0.15, -0.1) is 10.2 Å². The Hall–Kier alpha value is -3.41. The van der Waals surface area contributed by atoms with Crippen molar-refractivity contribution in [1.29, 1.82) is 0 Å². The van der Waals surface area contributed by atoms with E-state index in [2.05, 4.69) is 10.2 Å². The number of rotatable bonds is 3. The lowest BCUT2D eigenvalue weighted by molar-refractivity contribution is -0.137. The van der Waals surface area contributed by atoms with Crippen LogP contribution in [0.3, 0.4) is 0 Å². The molecule has 0 bridgehead atoms. The lowest BCUT2D eigenvalue weighted by Crippen LogP contribution is -2.03. The smallest absolute Gasteiger partial charge is 0.416 e. The zero-order valence-electron chi connectivity index (χ0n) is 13.9. The monoisotopic (exact) mass is 366 g/mol. The first-order chi connectivity index (χ1) is 13.0. The fourth-order valence-electron chi connectivity index (χ4n) is 2.69. The van der Waals surface area contributed by atoms with Crippen LogP contribution in [0.5, 0.6) is 0 Å². The standard InChI is InChI=1S/C21H13F3N2O/c22-21(23,24)18-12-10-17(11-13-18)20-26-25-19(27-20)16-8-6-15(7-9-16)14-4-2-1-3-5-14/h1-13H. The summed E-state index contributed by atoms with van der Waals surface area (Å²) in [5.41, 5.74) is 2.60. The maximum atomic E-state index is 12.7. The van der Waals surface area contributed by atoms with Gasteiger partial charge in [0, 0.05) is 11.1 Å². The topological polar surface area (TPSA) is 38.9 Å². The molecule has 1 heterocycles. The third-order valence-corrected chi connectivity index (χ3v) is 4.12. The molecule has 0 fully saturated rings. The van der Waals surface area contributed by atoms with E-state index in [0.29, 0.717) is 11.5 Å². The fraction of sp³-hybridized carbons (Fsp3) is 0.0476. The van der Waals surface area contributed by atoms with E-state index in [1.54, 1.807) is 0 Å². The normalized spacial score (nSPS) is 11.5. The lowest BCUT2D eigenvalue weighted by atomic mass is 10.0. The second-order valence-electron chi connectivity index (χ2n) is 5.93. The SMILES string of the molecule is FC(F)(F)c1ccc(-c2nnc(-c3ccc(-c4ccccc4)cc3)o2)cc1. The van der Waals surface area contributed by atoms with Gasteiger partial charge in [-0.1, -0.05) is 42.5 Å². The molecule has 3 aromatic carbocycles. The molecule has 0 N–H and O–H groups in total. The molecule has 0 spiro atoms. The number of nitrogens with zero attached hydrogens (tertiary/aromatic N) is 2. The second kappa shape index (κ2) is 6.72. The van der Waals surface area contributed by atoms with Crippen LogP contribution in [-0.4, -0.2) is 10.2 Å². The molecule has 4 rings (SSSR count). The molecule has 3 nitrogen and oxygen atoms in total. The Bertz CT molecular complexity index is 1040. The molecule has 0 aliphatic carbocycles. The summed E-state index contributed by atoms with van der Waals surface area (Å²) in [6.45, 7) is 0. The van der Waals surface area contributed by atoms with Crippen molar-refractivity contribution in [3.05, 3.63) is 84.4 Å². The van der Waals surface area contributed by atoms with E-state index < -0.39 is 11.7 Å². The molecule has 0 saturated carbocycles. The van der Waals surface area contributed by atoms with E-state index in [0.717, 1.165) is 28.8 Å². The van der Waals surface area contributed by atoms with Crippen LogP contribution in [0.25, 0.3) is 34.0 Å². The van der Waals surface area contributed by atoms with Crippen LogP contribution in [0.4, 0.5) is 13.2 Å². The Morgan fingerprint density at radius 2 is 1.00 bits per heavy atom. The molecule has 0 aliphatic rings. The minimum Gasteiger partial charge on any atom is -0.416 e. The number of halogens is 3. The zero-order chi connectivity index (χ0) is 18.9. The summed E-state index contributed by atoms with van der Waals surface area (Å²) in [6, 6.07) is 22.2. The van der Waals surface area contributed by atoms with Crippen molar-refractivity contribution >= 4 is 0 Å². The summed E-state index contributed by atoms with van der Waals surface area (Å²) in [5, 5.41) is 7.93. The molecule has 134 valence electrons. The van der Waals surface area contributed by atoms with Crippen LogP contribution in [0, 0.1) is 0 Å². The molecular weight excluding hydrogens is 353 g/mol. The molecule has 27 heavy (non-hydrogen) atoms. The van der Waals surface area contributed by atoms with Crippen LogP contribution in [-0.2, 0) is 6.18 Å². The van der Waals surface area contributed by atoms with Gasteiger partial charge in [0.25, 0.3) is 0 Å². The van der Waals surface area contributed by atoms with Gasteiger partial charge < -0.3 is 4.42 Å². The van der Waals surface area contributed by atoms with Gasteiger partial charge in [-0.2, -0.15) is 13.2 Å². The van der Waals surface area contributed by atoms with Gasteiger partial charge >= 0.3 is 6.18 Å². The Balaban J connectivity index is 1.57. The summed E-state index contributed by atoms with van der Waals surface area (Å²) >= 11 is 0. The number of hydrogen-bond acceptors (Lipinski definition) is 3. The minimum absolute atomic E-state index is 0.172. The third-order valence-electron chi connectivity index (χ3n) is 4.12. The van der Waals surface area contributed by atoms with E-state index >= 15 is 0 Å². The highest BCUT2D eigenvalue weighted by Crippen LogP contribution is 2.31. The van der Waals surface area contributed by atoms with Crippen molar-refractivity contribution in [2.24, 2.45) is 0 Å². The number of aromatic nitrogens is 2. The molecule has 4 aromatic rings. The van der Waals surface area contributed by atoms with E-state index in [1.165, 1.54) is 12.1 Å². The third kappa shape index (κ3) is 3.60. The summed E-state index contributed by atoms with van der Waals surface area (Å²) in [4.78, 5) is 0. The first-order valence-corrected chi connectivity index (χ1v) is 8.18. The number of benzene rings is 3. The molecule has 0 unspecified atom stereocenters. The lowest BCUT2D eigenvalue weighted by Gasteiger charge is -2.05. The van der Waals surface area contributed by atoms with Crippen molar-refractivity contribution in [3.8, 4) is 34.0 Å². The molecule has 6 heteroatoms. The van der Waals surface area contributed by atoms with Crippen LogP contribution in [0.1, 0.15) is 5.56 Å². The Kier molecular flexibility index (Phi) is 4.24. The van der Waals surface area contributed by atoms with Crippen molar-refractivity contribution < 1.29 is 17.6 Å². The Morgan fingerprint density at radius 3 is 1.52 bits per heavy atom. The first kappa shape index (κ1) is 17.0. The first-order valence-electron chi connectivity index (χ1n) is 8.18. The van der Waals surface area contributed by atoms with Gasteiger partial charge in [-0.25, -0.2) is 0 Å². The van der Waals surface area contributed by atoms with Crippen LogP contribution in [0.15, 0.2) is 83.3 Å². The quantitative estimate of drug-likeness (QED) is 0.440. The predicted octanol–water partition coefficient (Wildman–Crippen LogP) is 6.09. The van der Waals surface area contributed by atoms with E-state index in [4.69, 9.17) is 4.42 Å². The van der Waals surface area contributed by atoms with Gasteiger partial charge in [0.2, 0.25) is 11.8 Å². The van der Waals surface area contributed by atoms with Crippen LogP contribution >= 0.6 is 0 Å². The second-order valence-corrected chi connectivity index (χ2v) is 5.93. The number of alkyl halides is 3. The number of hydrogen-bond donors (Lipinski definition) is 0. The molecular formula is C21H13F3N2O. The van der Waals surface area contributed by atoms with Crippen molar-refractivity contribution in [3.63, 3.8) is 0 Å². The summed E-state index contributed by atoms with van der Waals surface area (Å²) in [6.07, 6.45) is -4.38. The highest BCUT2D eigenvalue weighted by molar-refractivity contribution is 5.67. The van der Waals surface area contributed by atoms with Crippen molar-refractivity contribution in [2.45, 2.75) is 6.18 Å². The Morgan fingerprint density at radius 1 is 0.556 bits per heavy atom. The molecule has 0 atom stereocenters. The predicted molar refractivity (Wildman–Crippen MR) is 95.6 cm³/mol. The molecule has 0 amide bonds. The molecule has 0 aliphatic heterocycles. The summed E-state index contributed by atoms with van der Waals surface area (Å²) in [5.74, 6) is 0.482. The van der Waals surface area contributed by atoms with E-state index in [1.807, 2.05) is 54.6 Å². The van der Waals surface area contributed by atoms with Gasteiger partial charge in [0.1, 0.15) is 0 Å². The van der Waals surface area contributed by atoms with Gasteiger partial charge in [-0.3, -0.25) is 0 Å². The minimum atomic E-state index is -4.38. The molecule has 0 radical (unpaired) electrons. The zero-order valence-corrected chi connectivity index (χ0v) is 13.9. The summed E-state index contributed by atoms with van der Waals surface area (Å²) in [7, 11) is 0. The van der Waals surface area contributed by atoms with Gasteiger partial charge in [0.05, 0.1) is 5.56 Å². The van der Waals surface area contributed by atoms with E-state index in [-0.39, 0.29) is 5.89 Å². The highest BCUT2D eigenvalue weighted by Gasteiger charge is 2.30. The highest BCUT2D eigenvalue weighted by atomic mass is 19.4. The largest absolute Gasteiger partial charge is 0.416 e. The van der Waals surface area contributed by atoms with Gasteiger partial charge in [0.15, 0.2) is 0 Å². The van der Waals surface area contributed by atoms with Crippen molar-refractivity contribution in [1.82, 2.24) is 10.2 Å². The summed E-state index contributed by atoms with van der Waals surface area (Å²) < 4.78 is 43.6. The fourth-order valence-corrected chi connectivity index (χ4v) is 2.69. The Labute approximate surface area is 153 Å². The van der Waals surface area contributed by atoms with Gasteiger partial charge in [-0.05, 0) is 47.5 Å². The average molecular weight is 366 g/mol. The maximum Gasteiger partial charge on any atom is 0.416 e. The van der Waals surface area contributed by atoms with Crippen LogP contribution < -0.4 is 0 Å². The molecule has 1 aromatic heterocycles. The maximum absolute atomic E-state index is 12.7. The average Bonchev–Trinajstić information content (AvgIpc) is 3.18.